The molecule has 4 atom stereocenters. The lowest BCUT2D eigenvalue weighted by molar-refractivity contribution is -0.0511. The van der Waals surface area contributed by atoms with Crippen LogP contribution in [0.25, 0.3) is 11.2 Å². The van der Waals surface area contributed by atoms with Gasteiger partial charge in [0.15, 0.2) is 23.2 Å². The van der Waals surface area contributed by atoms with Crippen LogP contribution in [0.15, 0.2) is 6.33 Å². The summed E-state index contributed by atoms with van der Waals surface area (Å²) in [5.41, 5.74) is 1.02. The zero-order valence-electron chi connectivity index (χ0n) is 21.1. The van der Waals surface area contributed by atoms with Crippen LogP contribution in [0, 0.1) is 11.8 Å². The van der Waals surface area contributed by atoms with Gasteiger partial charge < -0.3 is 25.4 Å². The van der Waals surface area contributed by atoms with Gasteiger partial charge in [0.2, 0.25) is 5.82 Å². The lowest BCUT2D eigenvalue weighted by Crippen LogP contribution is -2.33. The van der Waals surface area contributed by atoms with Crippen LogP contribution in [0.3, 0.4) is 0 Å². The number of hydrogen-bond donors (Lipinski definition) is 4. The van der Waals surface area contributed by atoms with Gasteiger partial charge in [0.25, 0.3) is 0 Å². The molecular formula is C26H41N5O4. The largest absolute Gasteiger partial charge is 0.394 e. The van der Waals surface area contributed by atoms with E-state index in [1.807, 2.05) is 0 Å². The molecule has 0 radical (unpaired) electrons. The lowest BCUT2D eigenvalue weighted by Gasteiger charge is -2.16. The molecule has 3 heterocycles. The Kier molecular flexibility index (Phi) is 11.2. The van der Waals surface area contributed by atoms with Crippen molar-refractivity contribution in [3.63, 3.8) is 0 Å². The van der Waals surface area contributed by atoms with Crippen LogP contribution in [0.1, 0.15) is 96.5 Å². The van der Waals surface area contributed by atoms with Gasteiger partial charge in [-0.3, -0.25) is 4.57 Å². The highest BCUT2D eigenvalue weighted by Crippen LogP contribution is 2.32. The zero-order valence-corrected chi connectivity index (χ0v) is 21.1. The third-order valence-corrected chi connectivity index (χ3v) is 6.39. The molecule has 1 aliphatic rings. The number of rotatable bonds is 14. The molecule has 0 aromatic carbocycles. The molecule has 9 heteroatoms. The Morgan fingerprint density at radius 2 is 1.69 bits per heavy atom. The van der Waals surface area contributed by atoms with Crippen molar-refractivity contribution >= 4 is 17.0 Å². The predicted octanol–water partition coefficient (Wildman–Crippen LogP) is 3.53. The van der Waals surface area contributed by atoms with Crippen LogP contribution in [-0.2, 0) is 4.74 Å². The van der Waals surface area contributed by atoms with Crippen LogP contribution in [-0.4, -0.2) is 66.3 Å². The van der Waals surface area contributed by atoms with Crippen molar-refractivity contribution in [1.82, 2.24) is 19.5 Å². The van der Waals surface area contributed by atoms with Crippen molar-refractivity contribution in [1.29, 1.82) is 0 Å². The monoisotopic (exact) mass is 487 g/mol. The molecule has 3 rings (SSSR count). The van der Waals surface area contributed by atoms with Crippen molar-refractivity contribution in [2.45, 2.75) is 109 Å². The number of fused-ring (bicyclic) bond motifs is 1. The number of aromatic nitrogens is 4. The van der Waals surface area contributed by atoms with Crippen LogP contribution < -0.4 is 5.32 Å². The molecular weight excluding hydrogens is 446 g/mol. The molecule has 4 N–H and O–H groups in total. The highest BCUT2D eigenvalue weighted by molar-refractivity contribution is 5.83. The average Bonchev–Trinajstić information content (AvgIpc) is 3.41. The van der Waals surface area contributed by atoms with Crippen molar-refractivity contribution in [3.05, 3.63) is 12.2 Å². The number of unbranched alkanes of at least 4 members (excludes halogenated alkanes) is 9. The van der Waals surface area contributed by atoms with E-state index in [1.165, 1.54) is 44.9 Å². The first kappa shape index (κ1) is 27.3. The van der Waals surface area contributed by atoms with Gasteiger partial charge in [-0.05, 0) is 18.8 Å². The predicted molar refractivity (Wildman–Crippen MR) is 136 cm³/mol. The highest BCUT2D eigenvalue weighted by Gasteiger charge is 2.44. The van der Waals surface area contributed by atoms with E-state index in [2.05, 4.69) is 46.0 Å². The number of ether oxygens (including phenoxy) is 1. The minimum Gasteiger partial charge on any atom is -0.394 e. The molecule has 0 unspecified atom stereocenters. The molecule has 0 spiro atoms. The van der Waals surface area contributed by atoms with Crippen LogP contribution in [0.2, 0.25) is 0 Å². The van der Waals surface area contributed by atoms with Gasteiger partial charge in [0.05, 0.1) is 12.9 Å². The van der Waals surface area contributed by atoms with Gasteiger partial charge in [-0.2, -0.15) is 0 Å². The smallest absolute Gasteiger partial charge is 0.208 e. The second-order valence-corrected chi connectivity index (χ2v) is 9.26. The highest BCUT2D eigenvalue weighted by atomic mass is 16.6. The van der Waals surface area contributed by atoms with Crippen molar-refractivity contribution in [2.24, 2.45) is 0 Å². The lowest BCUT2D eigenvalue weighted by atomic mass is 10.1. The quantitative estimate of drug-likeness (QED) is 0.236. The summed E-state index contributed by atoms with van der Waals surface area (Å²) in [6.07, 6.45) is 10.1. The molecule has 9 nitrogen and oxygen atoms in total. The normalized spacial score (nSPS) is 21.9. The Bertz CT molecular complexity index is 970. The molecule has 1 aliphatic heterocycles. The molecule has 0 aliphatic carbocycles. The van der Waals surface area contributed by atoms with Crippen LogP contribution in [0.4, 0.5) is 5.82 Å². The molecule has 0 amide bonds. The molecule has 0 saturated carbocycles. The fourth-order valence-corrected chi connectivity index (χ4v) is 4.26. The van der Waals surface area contributed by atoms with Gasteiger partial charge in [-0.15, -0.1) is 0 Å². The first-order valence-corrected chi connectivity index (χ1v) is 13.2. The fraction of sp³-hybridized carbons (Fsp3) is 0.731. The second kappa shape index (κ2) is 14.3. The van der Waals surface area contributed by atoms with E-state index in [9.17, 15) is 15.3 Å². The summed E-state index contributed by atoms with van der Waals surface area (Å²) in [4.78, 5) is 13.7. The summed E-state index contributed by atoms with van der Waals surface area (Å²) < 4.78 is 7.28. The number of aliphatic hydroxyl groups is 3. The Morgan fingerprint density at radius 3 is 2.37 bits per heavy atom. The number of nitrogens with zero attached hydrogens (tertiary/aromatic N) is 4. The summed E-state index contributed by atoms with van der Waals surface area (Å²) in [5, 5.41) is 33.5. The first-order valence-electron chi connectivity index (χ1n) is 13.2. The topological polar surface area (TPSA) is 126 Å². The van der Waals surface area contributed by atoms with Crippen molar-refractivity contribution in [2.75, 3.05) is 18.5 Å². The van der Waals surface area contributed by atoms with Crippen LogP contribution >= 0.6 is 0 Å². The van der Waals surface area contributed by atoms with E-state index >= 15 is 0 Å². The van der Waals surface area contributed by atoms with Gasteiger partial charge in [-0.25, -0.2) is 15.0 Å². The number of anilines is 1. The van der Waals surface area contributed by atoms with E-state index in [4.69, 9.17) is 4.74 Å². The van der Waals surface area contributed by atoms with E-state index in [-0.39, 0.29) is 0 Å². The van der Waals surface area contributed by atoms with Crippen molar-refractivity contribution < 1.29 is 20.1 Å². The fourth-order valence-electron chi connectivity index (χ4n) is 4.26. The summed E-state index contributed by atoms with van der Waals surface area (Å²) >= 11 is 0. The average molecular weight is 488 g/mol. The molecule has 1 fully saturated rings. The molecule has 2 aromatic heterocycles. The maximum absolute atomic E-state index is 10.5. The third kappa shape index (κ3) is 7.37. The summed E-state index contributed by atoms with van der Waals surface area (Å²) in [5.74, 6) is 7.15. The van der Waals surface area contributed by atoms with E-state index in [0.29, 0.717) is 22.8 Å². The SMILES string of the molecule is CCCCC#Cc1nc(NCCCCCCCCCC)c2ncn([C@@H]3O[C@H](CO)[C@@H](O)[C@H]3O)c2n1. The Balaban J connectivity index is 1.73. The maximum Gasteiger partial charge on any atom is 0.208 e. The number of imidazole rings is 1. The molecule has 2 aromatic rings. The maximum atomic E-state index is 10.5. The molecule has 194 valence electrons. The Labute approximate surface area is 208 Å². The van der Waals surface area contributed by atoms with E-state index in [1.54, 1.807) is 4.57 Å². The summed E-state index contributed by atoms with van der Waals surface area (Å²) in [7, 11) is 0. The summed E-state index contributed by atoms with van der Waals surface area (Å²) in [6.45, 7) is 4.73. The first-order chi connectivity index (χ1) is 17.1. The second-order valence-electron chi connectivity index (χ2n) is 9.26. The minimum absolute atomic E-state index is 0.375. The standard InChI is InChI=1S/C26H41N5O4/c1-3-5-7-9-10-11-12-14-16-27-24-21-25(30-20(29-24)15-13-8-6-4-2)31(18-28-21)26-23(34)22(33)19(17-32)35-26/h18-19,22-23,26,32-34H,3-12,14,16-17H2,1-2H3,(H,27,29,30)/t19-,22-,23-,26-/m1/s1. The van der Waals surface area contributed by atoms with Crippen LogP contribution in [0.5, 0.6) is 0 Å². The minimum atomic E-state index is -1.22. The third-order valence-electron chi connectivity index (χ3n) is 6.39. The van der Waals surface area contributed by atoms with Crippen molar-refractivity contribution in [3.8, 4) is 11.8 Å². The molecule has 35 heavy (non-hydrogen) atoms. The number of hydrogen-bond acceptors (Lipinski definition) is 8. The van der Waals surface area contributed by atoms with E-state index in [0.717, 1.165) is 38.6 Å². The van der Waals surface area contributed by atoms with Gasteiger partial charge in [-0.1, -0.05) is 71.1 Å². The van der Waals surface area contributed by atoms with E-state index < -0.39 is 31.1 Å². The van der Waals surface area contributed by atoms with Gasteiger partial charge in [0, 0.05) is 13.0 Å². The van der Waals surface area contributed by atoms with Gasteiger partial charge >= 0.3 is 0 Å². The summed E-state index contributed by atoms with van der Waals surface area (Å²) in [6, 6.07) is 0. The Hall–Kier alpha value is -2.25. The zero-order chi connectivity index (χ0) is 25.0. The number of aliphatic hydroxyl groups excluding tert-OH is 3. The number of nitrogens with one attached hydrogen (secondary N) is 1. The van der Waals surface area contributed by atoms with Gasteiger partial charge in [0.1, 0.15) is 18.3 Å². The Morgan fingerprint density at radius 1 is 0.971 bits per heavy atom. The molecule has 1 saturated heterocycles. The molecule has 0 bridgehead atoms.